The summed E-state index contributed by atoms with van der Waals surface area (Å²) in [6.45, 7) is 20.4. The maximum atomic E-state index is 12.9. The minimum atomic E-state index is -0.846. The Morgan fingerprint density at radius 3 is 1.02 bits per heavy atom. The van der Waals surface area contributed by atoms with Gasteiger partial charge in [0.05, 0.1) is 99.0 Å². The molecule has 0 aliphatic heterocycles. The number of hydrogen-bond acceptors (Lipinski definition) is 17. The van der Waals surface area contributed by atoms with Crippen molar-refractivity contribution >= 4 is 24.1 Å². The van der Waals surface area contributed by atoms with Crippen LogP contribution in [0.5, 0.6) is 0 Å². The summed E-state index contributed by atoms with van der Waals surface area (Å²) < 4.78 is 72.9. The maximum absolute atomic E-state index is 12.9. The van der Waals surface area contributed by atoms with Crippen molar-refractivity contribution in [3.8, 4) is 0 Å². The van der Waals surface area contributed by atoms with E-state index in [0.717, 1.165) is 31.0 Å². The number of allylic oxidation sites excluding steroid dienone is 4. The van der Waals surface area contributed by atoms with Crippen molar-refractivity contribution in [3.63, 3.8) is 0 Å². The van der Waals surface area contributed by atoms with Gasteiger partial charge in [-0.05, 0) is 106 Å². The molecule has 0 saturated heterocycles. The summed E-state index contributed by atoms with van der Waals surface area (Å²) in [7, 11) is 1.47. The monoisotopic (exact) mass is 1270 g/mol. The quantitative estimate of drug-likeness (QED) is 0.0241. The zero-order valence-corrected chi connectivity index (χ0v) is 58.1. The van der Waals surface area contributed by atoms with Gasteiger partial charge in [-0.15, -0.1) is 0 Å². The predicted octanol–water partition coefficient (Wildman–Crippen LogP) is 14.8. The minimum Gasteiger partial charge on any atom is -0.462 e. The first-order valence-corrected chi connectivity index (χ1v) is 34.8. The van der Waals surface area contributed by atoms with E-state index in [-0.39, 0.29) is 52.2 Å². The topological polar surface area (TPSA) is 195 Å². The number of methoxy groups -OCH3 is 1. The van der Waals surface area contributed by atoms with Crippen molar-refractivity contribution < 1.29 is 80.8 Å². The largest absolute Gasteiger partial charge is 0.462 e. The highest BCUT2D eigenvalue weighted by Crippen LogP contribution is 2.15. The van der Waals surface area contributed by atoms with Crippen LogP contribution >= 0.6 is 0 Å². The molecule has 0 aromatic heterocycles. The Morgan fingerprint density at radius 2 is 0.652 bits per heavy atom. The number of nitrogens with zero attached hydrogens (tertiary/aromatic N) is 2. The van der Waals surface area contributed by atoms with Gasteiger partial charge in [0.2, 0.25) is 0 Å². The van der Waals surface area contributed by atoms with Gasteiger partial charge in [0.1, 0.15) is 43.6 Å². The fraction of sp³-hybridized carbons (Fsp3) is 0.886. The number of esters is 2. The average molecular weight is 1270 g/mol. The SMILES string of the molecule is CCCCCCCC/C=C\CCCCCCCCOCC(COCCOCCOCCOCCOCCOCCOC(=O)CN(CCOC(=O)CN(CCOC)C(=O)OC(C)(C)C)C(=O)OC(C)(C)C)OCCCCCCCC/C=C\CCCCCCCC. The van der Waals surface area contributed by atoms with Crippen LogP contribution in [0.3, 0.4) is 0 Å². The van der Waals surface area contributed by atoms with Gasteiger partial charge in [0.25, 0.3) is 0 Å². The van der Waals surface area contributed by atoms with Crippen LogP contribution in [-0.4, -0.2) is 203 Å². The molecule has 0 aromatic carbocycles. The zero-order chi connectivity index (χ0) is 65.4. The molecular formula is C70H132N2O17. The summed E-state index contributed by atoms with van der Waals surface area (Å²) >= 11 is 0. The fourth-order valence-corrected chi connectivity index (χ4v) is 8.94. The van der Waals surface area contributed by atoms with Crippen LogP contribution in [0.2, 0.25) is 0 Å². The minimum absolute atomic E-state index is 0.0528. The summed E-state index contributed by atoms with van der Waals surface area (Å²) in [6, 6.07) is 0. The number of unbranched alkanes of at least 4 members (excludes halogenated alkanes) is 24. The molecule has 2 amide bonds. The summed E-state index contributed by atoms with van der Waals surface area (Å²) in [5.41, 5.74) is -1.62. The molecule has 0 saturated carbocycles. The molecule has 1 atom stereocenters. The molecule has 0 N–H and O–H groups in total. The molecule has 0 aliphatic rings. The van der Waals surface area contributed by atoms with Crippen LogP contribution in [0.25, 0.3) is 0 Å². The van der Waals surface area contributed by atoms with E-state index in [2.05, 4.69) is 38.2 Å². The first-order valence-electron chi connectivity index (χ1n) is 34.8. The Morgan fingerprint density at radius 1 is 0.348 bits per heavy atom. The van der Waals surface area contributed by atoms with Gasteiger partial charge in [-0.25, -0.2) is 9.59 Å². The van der Waals surface area contributed by atoms with Crippen molar-refractivity contribution in [2.45, 2.75) is 252 Å². The van der Waals surface area contributed by atoms with Crippen LogP contribution in [0, 0.1) is 0 Å². The molecule has 0 aliphatic carbocycles. The first kappa shape index (κ1) is 85.6. The molecule has 1 unspecified atom stereocenters. The second-order valence-electron chi connectivity index (χ2n) is 24.8. The lowest BCUT2D eigenvalue weighted by molar-refractivity contribution is -0.147. The summed E-state index contributed by atoms with van der Waals surface area (Å²) in [4.78, 5) is 53.1. The van der Waals surface area contributed by atoms with Crippen molar-refractivity contribution in [2.24, 2.45) is 0 Å². The molecule has 0 rings (SSSR count). The number of carbonyl (C=O) groups is 4. The maximum Gasteiger partial charge on any atom is 0.410 e. The lowest BCUT2D eigenvalue weighted by Gasteiger charge is -2.27. The van der Waals surface area contributed by atoms with E-state index in [1.54, 1.807) is 41.5 Å². The van der Waals surface area contributed by atoms with Crippen molar-refractivity contribution in [1.29, 1.82) is 0 Å². The van der Waals surface area contributed by atoms with E-state index in [4.69, 9.17) is 61.6 Å². The van der Waals surface area contributed by atoms with Gasteiger partial charge >= 0.3 is 24.1 Å². The van der Waals surface area contributed by atoms with E-state index in [1.165, 1.54) is 179 Å². The van der Waals surface area contributed by atoms with Crippen LogP contribution in [-0.2, 0) is 71.2 Å². The molecule has 0 aromatic rings. The molecule has 19 nitrogen and oxygen atoms in total. The predicted molar refractivity (Wildman–Crippen MR) is 354 cm³/mol. The number of ether oxygens (including phenoxy) is 13. The van der Waals surface area contributed by atoms with Crippen LogP contribution in [0.15, 0.2) is 24.3 Å². The molecule has 0 fully saturated rings. The van der Waals surface area contributed by atoms with Crippen molar-refractivity contribution in [2.75, 3.05) is 152 Å². The van der Waals surface area contributed by atoms with E-state index in [1.807, 2.05) is 0 Å². The van der Waals surface area contributed by atoms with Gasteiger partial charge in [0, 0.05) is 26.9 Å². The molecule has 0 radical (unpaired) electrons. The molecule has 89 heavy (non-hydrogen) atoms. The highest BCUT2D eigenvalue weighted by molar-refractivity contribution is 5.79. The lowest BCUT2D eigenvalue weighted by Crippen LogP contribution is -2.43. The summed E-state index contributed by atoms with van der Waals surface area (Å²) in [6.07, 6.45) is 44.1. The molecule has 19 heteroatoms. The van der Waals surface area contributed by atoms with Crippen LogP contribution < -0.4 is 0 Å². The number of carbonyl (C=O) groups excluding carboxylic acids is 4. The van der Waals surface area contributed by atoms with E-state index >= 15 is 0 Å². The van der Waals surface area contributed by atoms with Crippen LogP contribution in [0.4, 0.5) is 9.59 Å². The normalized spacial score (nSPS) is 12.3. The molecule has 524 valence electrons. The van der Waals surface area contributed by atoms with Gasteiger partial charge in [-0.3, -0.25) is 19.4 Å². The lowest BCUT2D eigenvalue weighted by atomic mass is 10.1. The highest BCUT2D eigenvalue weighted by Gasteiger charge is 2.27. The average Bonchev–Trinajstić information content (AvgIpc) is 3.57. The van der Waals surface area contributed by atoms with Gasteiger partial charge in [-0.2, -0.15) is 0 Å². The van der Waals surface area contributed by atoms with E-state index in [9.17, 15) is 19.2 Å². The standard InChI is InChI=1S/C70H132N2O17/c1-10-12-14-16-18-20-22-24-26-28-30-32-34-36-38-40-44-83-62-64(85-45-41-39-37-35-33-31-29-27-25-23-21-19-17-15-13-11-2)63-84-57-56-81-53-52-79-49-48-78-50-51-80-54-55-82-58-59-87-66(74)61-72(68(76)89-70(6,7)8)43-47-86-65(73)60-71(42-46-77-9)67(75)88-69(3,4)5/h24-27,64H,10-23,28-63H2,1-9H3/b26-24-,27-25-. The van der Waals surface area contributed by atoms with Gasteiger partial charge < -0.3 is 61.6 Å². The first-order chi connectivity index (χ1) is 43.1. The highest BCUT2D eigenvalue weighted by atomic mass is 16.6. The summed E-state index contributed by atoms with van der Waals surface area (Å²) in [5, 5.41) is 0. The molecule has 0 bridgehead atoms. The molecule has 0 heterocycles. The number of rotatable bonds is 65. The van der Waals surface area contributed by atoms with E-state index in [0.29, 0.717) is 72.7 Å². The Labute approximate surface area is 541 Å². The Bertz CT molecular complexity index is 1660. The second kappa shape index (κ2) is 63.4. The number of amides is 2. The Hall–Kier alpha value is -3.40. The van der Waals surface area contributed by atoms with Crippen molar-refractivity contribution in [1.82, 2.24) is 9.80 Å². The summed E-state index contributed by atoms with van der Waals surface area (Å²) in [5.74, 6) is -1.44. The van der Waals surface area contributed by atoms with Gasteiger partial charge in [0.15, 0.2) is 0 Å². The number of hydrogen-bond donors (Lipinski definition) is 0. The zero-order valence-electron chi connectivity index (χ0n) is 58.1. The third-order valence-corrected chi connectivity index (χ3v) is 13.9. The second-order valence-corrected chi connectivity index (χ2v) is 24.8. The third-order valence-electron chi connectivity index (χ3n) is 13.9. The van der Waals surface area contributed by atoms with Crippen molar-refractivity contribution in [3.05, 3.63) is 24.3 Å². The van der Waals surface area contributed by atoms with Crippen LogP contribution in [0.1, 0.15) is 235 Å². The molecule has 0 spiro atoms. The van der Waals surface area contributed by atoms with E-state index < -0.39 is 48.4 Å². The smallest absolute Gasteiger partial charge is 0.410 e. The third kappa shape index (κ3) is 64.5. The molecular weight excluding hydrogens is 1140 g/mol. The van der Waals surface area contributed by atoms with Gasteiger partial charge in [-0.1, -0.05) is 154 Å². The fourth-order valence-electron chi connectivity index (χ4n) is 8.94. The Kier molecular flexibility index (Phi) is 60.9. The Balaban J connectivity index is 4.31.